The summed E-state index contributed by atoms with van der Waals surface area (Å²) in [5.74, 6) is -0.582. The smallest absolute Gasteiger partial charge is 0.306 e. The summed E-state index contributed by atoms with van der Waals surface area (Å²) in [5, 5.41) is 9.55. The molecule has 0 amide bonds. The molecule has 0 aliphatic carbocycles. The highest BCUT2D eigenvalue weighted by Crippen LogP contribution is 2.17. The van der Waals surface area contributed by atoms with E-state index in [9.17, 15) is 14.7 Å². The second kappa shape index (κ2) is 48.7. The number of hydrogen-bond acceptors (Lipinski definition) is 5. The molecular weight excluding hydrogens is 705 g/mol. The van der Waals surface area contributed by atoms with Gasteiger partial charge in [0.1, 0.15) is 6.61 Å². The standard InChI is InChI=1S/C52H98O5/c1-3-5-7-9-11-13-14-15-16-17-18-19-20-21-22-23-24-25-26-27-28-29-30-31-32-33-34-35-36-37-38-39-41-43-45-47-52(55)57-50(48-53)49-56-51(54)46-44-42-40-12-10-8-6-4-2/h14-15,17-18,50,53H,3-13,16,19-49H2,1-2H3/b15-14-,18-17-. The van der Waals surface area contributed by atoms with Gasteiger partial charge in [-0.05, 0) is 44.9 Å². The van der Waals surface area contributed by atoms with Gasteiger partial charge in [0.15, 0.2) is 6.10 Å². The lowest BCUT2D eigenvalue weighted by molar-refractivity contribution is -0.161. The van der Waals surface area contributed by atoms with E-state index >= 15 is 0 Å². The van der Waals surface area contributed by atoms with Gasteiger partial charge in [-0.2, -0.15) is 0 Å². The summed E-state index contributed by atoms with van der Waals surface area (Å²) >= 11 is 0. The van der Waals surface area contributed by atoms with Crippen molar-refractivity contribution in [3.05, 3.63) is 24.3 Å². The second-order valence-electron chi connectivity index (χ2n) is 17.3. The minimum Gasteiger partial charge on any atom is -0.462 e. The lowest BCUT2D eigenvalue weighted by atomic mass is 10.0. The Morgan fingerprint density at radius 2 is 0.702 bits per heavy atom. The molecule has 0 rings (SSSR count). The van der Waals surface area contributed by atoms with Crippen molar-refractivity contribution in [2.24, 2.45) is 0 Å². The zero-order valence-corrected chi connectivity index (χ0v) is 38.4. The topological polar surface area (TPSA) is 72.8 Å². The fraction of sp³-hybridized carbons (Fsp3) is 0.885. The highest BCUT2D eigenvalue weighted by atomic mass is 16.6. The van der Waals surface area contributed by atoms with Gasteiger partial charge < -0.3 is 14.6 Å². The maximum absolute atomic E-state index is 12.2. The minimum atomic E-state index is -0.763. The number of hydrogen-bond donors (Lipinski definition) is 1. The largest absolute Gasteiger partial charge is 0.462 e. The molecule has 1 N–H and O–H groups in total. The number of rotatable bonds is 47. The SMILES string of the molecule is CCCCCCC/C=C\C/C=C\CCCCCCCCCCCCCCCCCCCCCCCCCC(=O)OC(CO)COC(=O)CCCCCCCCCC. The van der Waals surface area contributed by atoms with Gasteiger partial charge in [0.2, 0.25) is 0 Å². The molecule has 0 saturated heterocycles. The van der Waals surface area contributed by atoms with Crippen LogP contribution in [-0.2, 0) is 19.1 Å². The molecule has 0 aromatic rings. The molecule has 0 saturated carbocycles. The van der Waals surface area contributed by atoms with Crippen molar-refractivity contribution >= 4 is 11.9 Å². The minimum absolute atomic E-state index is 0.0597. The first kappa shape index (κ1) is 55.4. The Morgan fingerprint density at radius 3 is 1.04 bits per heavy atom. The zero-order valence-electron chi connectivity index (χ0n) is 38.4. The number of aliphatic hydroxyl groups excluding tert-OH is 1. The summed E-state index contributed by atoms with van der Waals surface area (Å²) in [5.41, 5.74) is 0. The monoisotopic (exact) mass is 803 g/mol. The Kier molecular flexibility index (Phi) is 47.4. The lowest BCUT2D eigenvalue weighted by Crippen LogP contribution is -2.28. The van der Waals surface area contributed by atoms with Gasteiger partial charge in [-0.15, -0.1) is 0 Å². The van der Waals surface area contributed by atoms with E-state index in [2.05, 4.69) is 38.2 Å². The van der Waals surface area contributed by atoms with Crippen LogP contribution in [0.2, 0.25) is 0 Å². The average Bonchev–Trinajstić information content (AvgIpc) is 3.21. The van der Waals surface area contributed by atoms with Crippen molar-refractivity contribution in [1.29, 1.82) is 0 Å². The van der Waals surface area contributed by atoms with Crippen molar-refractivity contribution in [2.45, 2.75) is 283 Å². The van der Waals surface area contributed by atoms with E-state index in [4.69, 9.17) is 9.47 Å². The highest BCUT2D eigenvalue weighted by molar-refractivity contribution is 5.70. The van der Waals surface area contributed by atoms with E-state index in [1.165, 1.54) is 205 Å². The van der Waals surface area contributed by atoms with Crippen LogP contribution in [0.5, 0.6) is 0 Å². The fourth-order valence-electron chi connectivity index (χ4n) is 7.65. The first-order chi connectivity index (χ1) is 28.1. The number of carbonyl (C=O) groups is 2. The molecule has 0 aliphatic rings. The van der Waals surface area contributed by atoms with Crippen molar-refractivity contribution < 1.29 is 24.2 Å². The van der Waals surface area contributed by atoms with Crippen LogP contribution >= 0.6 is 0 Å². The number of allylic oxidation sites excluding steroid dienone is 4. The highest BCUT2D eigenvalue weighted by Gasteiger charge is 2.16. The molecular formula is C52H98O5. The predicted octanol–water partition coefficient (Wildman–Crippen LogP) is 16.6. The first-order valence-corrected chi connectivity index (χ1v) is 25.4. The number of aliphatic hydroxyl groups is 1. The number of esters is 2. The van der Waals surface area contributed by atoms with Crippen LogP contribution in [0, 0.1) is 0 Å². The quantitative estimate of drug-likeness (QED) is 0.0377. The van der Waals surface area contributed by atoms with Gasteiger partial charge in [0.05, 0.1) is 6.61 Å². The summed E-state index contributed by atoms with van der Waals surface area (Å²) in [6.45, 7) is 4.12. The third kappa shape index (κ3) is 46.9. The number of ether oxygens (including phenoxy) is 2. The first-order valence-electron chi connectivity index (χ1n) is 25.4. The molecule has 1 unspecified atom stereocenters. The van der Waals surface area contributed by atoms with Gasteiger partial charge >= 0.3 is 11.9 Å². The summed E-state index contributed by atoms with van der Waals surface area (Å²) < 4.78 is 10.6. The number of carbonyl (C=O) groups excluding carboxylic acids is 2. The average molecular weight is 803 g/mol. The molecule has 5 heteroatoms. The third-order valence-corrected chi connectivity index (χ3v) is 11.5. The van der Waals surface area contributed by atoms with Crippen molar-refractivity contribution in [1.82, 2.24) is 0 Å². The molecule has 0 fully saturated rings. The maximum Gasteiger partial charge on any atom is 0.306 e. The molecule has 0 heterocycles. The summed E-state index contributed by atoms with van der Waals surface area (Å²) in [6.07, 6.45) is 60.3. The van der Waals surface area contributed by atoms with Crippen molar-refractivity contribution in [2.75, 3.05) is 13.2 Å². The van der Waals surface area contributed by atoms with E-state index in [1.54, 1.807) is 0 Å². The normalized spacial score (nSPS) is 12.3. The van der Waals surface area contributed by atoms with E-state index < -0.39 is 6.10 Å². The molecule has 1 atom stereocenters. The van der Waals surface area contributed by atoms with Gasteiger partial charge in [0.25, 0.3) is 0 Å². The van der Waals surface area contributed by atoms with Crippen LogP contribution in [0.1, 0.15) is 277 Å². The molecule has 0 aliphatic heterocycles. The predicted molar refractivity (Wildman–Crippen MR) is 247 cm³/mol. The Balaban J connectivity index is 3.34. The summed E-state index contributed by atoms with van der Waals surface area (Å²) in [6, 6.07) is 0. The van der Waals surface area contributed by atoms with Gasteiger partial charge in [0, 0.05) is 12.8 Å². The van der Waals surface area contributed by atoms with Crippen molar-refractivity contribution in [3.63, 3.8) is 0 Å². The van der Waals surface area contributed by atoms with Crippen LogP contribution in [0.15, 0.2) is 24.3 Å². The Labute approximate surface area is 355 Å². The lowest BCUT2D eigenvalue weighted by Gasteiger charge is -2.15. The molecule has 336 valence electrons. The third-order valence-electron chi connectivity index (χ3n) is 11.5. The van der Waals surface area contributed by atoms with Crippen LogP contribution in [0.3, 0.4) is 0 Å². The van der Waals surface area contributed by atoms with E-state index in [0.29, 0.717) is 12.8 Å². The van der Waals surface area contributed by atoms with Crippen LogP contribution in [0.25, 0.3) is 0 Å². The van der Waals surface area contributed by atoms with Gasteiger partial charge in [-0.25, -0.2) is 0 Å². The van der Waals surface area contributed by atoms with E-state index in [1.807, 2.05) is 0 Å². The van der Waals surface area contributed by atoms with Gasteiger partial charge in [-0.1, -0.05) is 244 Å². The molecule has 5 nitrogen and oxygen atoms in total. The molecule has 0 aromatic heterocycles. The zero-order chi connectivity index (χ0) is 41.4. The summed E-state index contributed by atoms with van der Waals surface area (Å²) in [4.78, 5) is 24.2. The van der Waals surface area contributed by atoms with E-state index in [0.717, 1.165) is 44.9 Å². The number of unbranched alkanes of at least 4 members (excludes halogenated alkanes) is 35. The Hall–Kier alpha value is -1.62. The van der Waals surface area contributed by atoms with Crippen molar-refractivity contribution in [3.8, 4) is 0 Å². The van der Waals surface area contributed by atoms with Crippen LogP contribution < -0.4 is 0 Å². The van der Waals surface area contributed by atoms with E-state index in [-0.39, 0.29) is 25.2 Å². The Bertz CT molecular complexity index is 867. The summed E-state index contributed by atoms with van der Waals surface area (Å²) in [7, 11) is 0. The Morgan fingerprint density at radius 1 is 0.404 bits per heavy atom. The molecule has 0 bridgehead atoms. The van der Waals surface area contributed by atoms with Crippen LogP contribution in [-0.4, -0.2) is 36.4 Å². The van der Waals surface area contributed by atoms with Crippen LogP contribution in [0.4, 0.5) is 0 Å². The molecule has 57 heavy (non-hydrogen) atoms. The molecule has 0 aromatic carbocycles. The second-order valence-corrected chi connectivity index (χ2v) is 17.3. The molecule has 0 radical (unpaired) electrons. The van der Waals surface area contributed by atoms with Gasteiger partial charge in [-0.3, -0.25) is 9.59 Å². The fourth-order valence-corrected chi connectivity index (χ4v) is 7.65. The maximum atomic E-state index is 12.2. The molecule has 0 spiro atoms.